The number of amides is 1. The zero-order chi connectivity index (χ0) is 23.7. The van der Waals surface area contributed by atoms with Gasteiger partial charge in [0, 0.05) is 30.9 Å². The summed E-state index contributed by atoms with van der Waals surface area (Å²) in [6, 6.07) is 1.73. The summed E-state index contributed by atoms with van der Waals surface area (Å²) in [7, 11) is 0. The third-order valence-corrected chi connectivity index (χ3v) is 7.11. The van der Waals surface area contributed by atoms with E-state index >= 15 is 0 Å². The monoisotopic (exact) mass is 477 g/mol. The molecule has 1 saturated carbocycles. The zero-order valence-corrected chi connectivity index (χ0v) is 19.3. The highest BCUT2D eigenvalue weighted by Gasteiger charge is 2.45. The van der Waals surface area contributed by atoms with Crippen LogP contribution in [0.4, 0.5) is 4.39 Å². The molecular weight excluding hydrogens is 445 g/mol. The van der Waals surface area contributed by atoms with Crippen LogP contribution >= 0.6 is 0 Å². The molecule has 5 rings (SSSR count). The molecule has 0 aromatic carbocycles. The number of H-pyrrole nitrogens is 1. The van der Waals surface area contributed by atoms with Crippen molar-refractivity contribution in [2.75, 3.05) is 39.5 Å². The molecular formula is C23H32FN5O5. The highest BCUT2D eigenvalue weighted by atomic mass is 19.1. The molecule has 34 heavy (non-hydrogen) atoms. The molecule has 11 heteroatoms. The molecule has 0 radical (unpaired) electrons. The Bertz CT molecular complexity index is 978. The minimum atomic E-state index is -0.766. The molecule has 1 aromatic rings. The van der Waals surface area contributed by atoms with Crippen molar-refractivity contribution >= 4 is 11.6 Å². The van der Waals surface area contributed by atoms with E-state index in [9.17, 15) is 14.0 Å². The van der Waals surface area contributed by atoms with Crippen molar-refractivity contribution < 1.29 is 23.4 Å². The van der Waals surface area contributed by atoms with Gasteiger partial charge in [-0.25, -0.2) is 14.2 Å². The zero-order valence-electron chi connectivity index (χ0n) is 19.3. The van der Waals surface area contributed by atoms with Crippen molar-refractivity contribution in [1.29, 1.82) is 0 Å². The number of ether oxygens (including phenoxy) is 3. The summed E-state index contributed by atoms with van der Waals surface area (Å²) in [6.45, 7) is 4.57. The average Bonchev–Trinajstić information content (AvgIpc) is 3.30. The molecule has 1 amide bonds. The molecule has 4 heterocycles. The number of hydrogen-bond donors (Lipinski definition) is 3. The lowest BCUT2D eigenvalue weighted by molar-refractivity contribution is -0.238. The summed E-state index contributed by atoms with van der Waals surface area (Å²) in [4.78, 5) is 33.2. The molecule has 2 saturated heterocycles. The molecule has 4 aliphatic rings. The van der Waals surface area contributed by atoms with Crippen LogP contribution < -0.4 is 16.3 Å². The van der Waals surface area contributed by atoms with Gasteiger partial charge in [0.2, 0.25) is 5.91 Å². The molecule has 0 bridgehead atoms. The van der Waals surface area contributed by atoms with Crippen molar-refractivity contribution in [2.45, 2.75) is 51.2 Å². The first-order valence-corrected chi connectivity index (χ1v) is 12.0. The van der Waals surface area contributed by atoms with Crippen LogP contribution in [-0.2, 0) is 19.0 Å². The van der Waals surface area contributed by atoms with Crippen LogP contribution in [0.25, 0.3) is 5.70 Å². The van der Waals surface area contributed by atoms with Crippen molar-refractivity contribution in [3.8, 4) is 0 Å². The quantitative estimate of drug-likeness (QED) is 0.581. The lowest BCUT2D eigenvalue weighted by Gasteiger charge is -2.41. The number of allylic oxidation sites excluding steroid dienone is 1. The fourth-order valence-corrected chi connectivity index (χ4v) is 5.13. The van der Waals surface area contributed by atoms with Crippen LogP contribution in [0.1, 0.15) is 38.3 Å². The predicted molar refractivity (Wildman–Crippen MR) is 120 cm³/mol. The molecule has 186 valence electrons. The number of alkyl halides is 1. The van der Waals surface area contributed by atoms with E-state index in [1.807, 2.05) is 6.92 Å². The molecule has 3 aliphatic heterocycles. The van der Waals surface area contributed by atoms with Gasteiger partial charge in [0.15, 0.2) is 6.29 Å². The van der Waals surface area contributed by atoms with Crippen molar-refractivity contribution in [1.82, 2.24) is 25.5 Å². The summed E-state index contributed by atoms with van der Waals surface area (Å²) < 4.78 is 31.2. The Hall–Kier alpha value is -2.50. The van der Waals surface area contributed by atoms with Crippen LogP contribution in [0.2, 0.25) is 0 Å². The van der Waals surface area contributed by atoms with Gasteiger partial charge in [0.05, 0.1) is 43.2 Å². The number of aromatic amines is 1. The smallest absolute Gasteiger partial charge is 0.345 e. The number of morpholine rings is 1. The van der Waals surface area contributed by atoms with Gasteiger partial charge in [-0.1, -0.05) is 0 Å². The van der Waals surface area contributed by atoms with E-state index in [-0.39, 0.29) is 25.0 Å². The minimum Gasteiger partial charge on any atom is -0.378 e. The van der Waals surface area contributed by atoms with Gasteiger partial charge in [0.1, 0.15) is 12.3 Å². The van der Waals surface area contributed by atoms with E-state index in [2.05, 4.69) is 20.6 Å². The average molecular weight is 478 g/mol. The number of carbonyl (C=O) groups excluding carboxylic acids is 1. The maximum atomic E-state index is 13.8. The Morgan fingerprint density at radius 3 is 2.53 bits per heavy atom. The van der Waals surface area contributed by atoms with Crippen molar-refractivity contribution in [3.63, 3.8) is 0 Å². The summed E-state index contributed by atoms with van der Waals surface area (Å²) >= 11 is 0. The van der Waals surface area contributed by atoms with Crippen LogP contribution in [-0.4, -0.2) is 78.9 Å². The van der Waals surface area contributed by atoms with Gasteiger partial charge in [-0.2, -0.15) is 0 Å². The van der Waals surface area contributed by atoms with Gasteiger partial charge in [-0.3, -0.25) is 4.79 Å². The van der Waals surface area contributed by atoms with Gasteiger partial charge >= 0.3 is 5.69 Å². The van der Waals surface area contributed by atoms with Crippen LogP contribution in [0.3, 0.4) is 0 Å². The molecule has 0 spiro atoms. The van der Waals surface area contributed by atoms with Crippen LogP contribution in [0.15, 0.2) is 22.8 Å². The number of nitrogens with one attached hydrogen (secondary N) is 3. The first-order chi connectivity index (χ1) is 16.4. The van der Waals surface area contributed by atoms with E-state index in [1.54, 1.807) is 11.0 Å². The SMILES string of the molecule is CC1(C(=O)N2CCOCC2)COC(C2NC(c3ccnc(=O)[nH]3)=C(C3CCC(F)CC3)N2)OC1. The Balaban J connectivity index is 1.28. The normalized spacial score (nSPS) is 34.5. The van der Waals surface area contributed by atoms with E-state index in [0.29, 0.717) is 44.8 Å². The highest BCUT2D eigenvalue weighted by molar-refractivity contribution is 5.83. The number of nitrogens with zero attached hydrogens (tertiary/aromatic N) is 2. The lowest BCUT2D eigenvalue weighted by atomic mass is 9.85. The Morgan fingerprint density at radius 1 is 1.15 bits per heavy atom. The summed E-state index contributed by atoms with van der Waals surface area (Å²) in [5.41, 5.74) is 1.07. The summed E-state index contributed by atoms with van der Waals surface area (Å²) in [6.07, 6.45) is 2.11. The van der Waals surface area contributed by atoms with Crippen molar-refractivity contribution in [3.05, 3.63) is 34.1 Å². The van der Waals surface area contributed by atoms with Gasteiger partial charge in [-0.15, -0.1) is 0 Å². The van der Waals surface area contributed by atoms with Gasteiger partial charge in [-0.05, 0) is 38.7 Å². The first-order valence-electron chi connectivity index (χ1n) is 12.0. The van der Waals surface area contributed by atoms with Crippen molar-refractivity contribution in [2.24, 2.45) is 11.3 Å². The van der Waals surface area contributed by atoms with Crippen LogP contribution in [0.5, 0.6) is 0 Å². The topological polar surface area (TPSA) is 118 Å². The molecule has 1 aromatic heterocycles. The fourth-order valence-electron chi connectivity index (χ4n) is 5.13. The second-order valence-corrected chi connectivity index (χ2v) is 9.75. The van der Waals surface area contributed by atoms with Crippen LogP contribution in [0, 0.1) is 11.3 Å². The summed E-state index contributed by atoms with van der Waals surface area (Å²) in [5, 5.41) is 6.87. The number of hydrogen-bond acceptors (Lipinski definition) is 8. The van der Waals surface area contributed by atoms with Gasteiger partial charge < -0.3 is 34.7 Å². The predicted octanol–water partition coefficient (Wildman–Crippen LogP) is 0.724. The second kappa shape index (κ2) is 9.63. The molecule has 1 unspecified atom stereocenters. The number of carbonyl (C=O) groups is 1. The standard InChI is InChI=1S/C23H32FN5O5/c1-23(21(30)29-8-10-32-11-9-29)12-33-20(34-13-23)19-27-17(14-2-4-15(24)5-3-14)18(28-19)16-6-7-25-22(31)26-16/h6-7,14-15,19-20,27-28H,2-5,8-13H2,1H3,(H,25,26,31). The Labute approximate surface area is 197 Å². The Morgan fingerprint density at radius 2 is 1.85 bits per heavy atom. The maximum absolute atomic E-state index is 13.8. The molecule has 10 nitrogen and oxygen atoms in total. The van der Waals surface area contributed by atoms with Gasteiger partial charge in [0.25, 0.3) is 0 Å². The lowest BCUT2D eigenvalue weighted by Crippen LogP contribution is -2.57. The van der Waals surface area contributed by atoms with E-state index in [0.717, 1.165) is 24.2 Å². The number of aromatic nitrogens is 2. The third kappa shape index (κ3) is 4.69. The third-order valence-electron chi connectivity index (χ3n) is 7.11. The fraction of sp³-hybridized carbons (Fsp3) is 0.696. The molecule has 1 aliphatic carbocycles. The van der Waals surface area contributed by atoms with E-state index < -0.39 is 29.7 Å². The molecule has 3 N–H and O–H groups in total. The minimum absolute atomic E-state index is 0.0124. The van der Waals surface area contributed by atoms with E-state index in [4.69, 9.17) is 14.2 Å². The number of halogens is 1. The first kappa shape index (κ1) is 23.3. The molecule has 1 atom stereocenters. The largest absolute Gasteiger partial charge is 0.378 e. The molecule has 3 fully saturated rings. The maximum Gasteiger partial charge on any atom is 0.345 e. The Kier molecular flexibility index (Phi) is 6.59. The second-order valence-electron chi connectivity index (χ2n) is 9.75. The highest BCUT2D eigenvalue weighted by Crippen LogP contribution is 2.36. The van der Waals surface area contributed by atoms with E-state index in [1.165, 1.54) is 6.20 Å². The number of rotatable bonds is 4. The summed E-state index contributed by atoms with van der Waals surface area (Å²) in [5.74, 6) is 0.145.